The highest BCUT2D eigenvalue weighted by Gasteiger charge is 2.44. The second-order valence-corrected chi connectivity index (χ2v) is 6.35. The van der Waals surface area contributed by atoms with Gasteiger partial charge in [-0.3, -0.25) is 9.78 Å². The van der Waals surface area contributed by atoms with Gasteiger partial charge in [0.15, 0.2) is 0 Å². The van der Waals surface area contributed by atoms with E-state index in [1.54, 1.807) is 37.5 Å². The van der Waals surface area contributed by atoms with Crippen LogP contribution >= 0.6 is 0 Å². The zero-order valence-electron chi connectivity index (χ0n) is 14.2. The van der Waals surface area contributed by atoms with Gasteiger partial charge in [0.1, 0.15) is 5.76 Å². The molecule has 4 rings (SSSR count). The molecule has 1 amide bonds. The Balaban J connectivity index is 1.57. The van der Waals surface area contributed by atoms with Gasteiger partial charge in [-0.05, 0) is 38.0 Å². The van der Waals surface area contributed by atoms with Gasteiger partial charge >= 0.3 is 0 Å². The lowest BCUT2D eigenvalue weighted by Crippen LogP contribution is -2.46. The summed E-state index contributed by atoms with van der Waals surface area (Å²) < 4.78 is 25.9. The highest BCUT2D eigenvalue weighted by Crippen LogP contribution is 2.36. The molecule has 26 heavy (non-hydrogen) atoms. The quantitative estimate of drug-likeness (QED) is 0.717. The Labute approximate surface area is 148 Å². The smallest absolute Gasteiger partial charge is 0.266 e. The van der Waals surface area contributed by atoms with E-state index in [2.05, 4.69) is 15.1 Å². The molecule has 1 atom stereocenters. The van der Waals surface area contributed by atoms with Gasteiger partial charge in [-0.1, -0.05) is 5.16 Å². The van der Waals surface area contributed by atoms with Gasteiger partial charge in [0.2, 0.25) is 11.5 Å². The van der Waals surface area contributed by atoms with E-state index in [4.69, 9.17) is 8.94 Å². The first kappa shape index (κ1) is 16.4. The molecule has 0 spiro atoms. The van der Waals surface area contributed by atoms with Crippen LogP contribution in [-0.2, 0) is 5.67 Å². The Morgan fingerprint density at radius 1 is 1.31 bits per heavy atom. The van der Waals surface area contributed by atoms with E-state index >= 15 is 4.39 Å². The zero-order chi connectivity index (χ0) is 18.1. The third-order valence-corrected chi connectivity index (χ3v) is 4.57. The molecule has 4 heterocycles. The molecule has 3 aromatic heterocycles. The van der Waals surface area contributed by atoms with Crippen LogP contribution in [0.25, 0.3) is 11.4 Å². The number of alkyl halides is 1. The number of aromatic nitrogens is 3. The number of likely N-dealkylation sites (tertiary alicyclic amines) is 1. The summed E-state index contributed by atoms with van der Waals surface area (Å²) in [6.45, 7) is 2.05. The number of nitrogens with zero attached hydrogens (tertiary/aromatic N) is 4. The number of pyridine rings is 1. The number of hydrogen-bond acceptors (Lipinski definition) is 6. The molecule has 1 saturated heterocycles. The summed E-state index contributed by atoms with van der Waals surface area (Å²) in [4.78, 5) is 22.3. The van der Waals surface area contributed by atoms with Crippen molar-refractivity contribution >= 4 is 5.91 Å². The van der Waals surface area contributed by atoms with E-state index in [-0.39, 0.29) is 24.8 Å². The Morgan fingerprint density at radius 3 is 2.85 bits per heavy atom. The van der Waals surface area contributed by atoms with Gasteiger partial charge in [0.25, 0.3) is 11.8 Å². The van der Waals surface area contributed by atoms with Crippen molar-refractivity contribution in [2.45, 2.75) is 25.4 Å². The lowest BCUT2D eigenvalue weighted by molar-refractivity contribution is 0.0151. The van der Waals surface area contributed by atoms with Crippen molar-refractivity contribution in [3.05, 3.63) is 54.1 Å². The van der Waals surface area contributed by atoms with Gasteiger partial charge in [0, 0.05) is 24.5 Å². The third kappa shape index (κ3) is 2.87. The average molecular weight is 356 g/mol. The Bertz CT molecular complexity index is 923. The molecule has 0 aliphatic carbocycles. The molecule has 1 unspecified atom stereocenters. The largest absolute Gasteiger partial charge is 0.469 e. The first-order valence-electron chi connectivity index (χ1n) is 8.34. The third-order valence-electron chi connectivity index (χ3n) is 4.57. The van der Waals surface area contributed by atoms with Crippen molar-refractivity contribution in [2.75, 3.05) is 13.1 Å². The second-order valence-electron chi connectivity index (χ2n) is 6.35. The summed E-state index contributed by atoms with van der Waals surface area (Å²) in [5.74, 6) is 0.453. The maximum absolute atomic E-state index is 15.6. The first-order valence-corrected chi connectivity index (χ1v) is 8.34. The van der Waals surface area contributed by atoms with Gasteiger partial charge in [-0.15, -0.1) is 0 Å². The summed E-state index contributed by atoms with van der Waals surface area (Å²) in [6.07, 6.45) is 5.38. The van der Waals surface area contributed by atoms with Crippen LogP contribution in [0.2, 0.25) is 0 Å². The number of piperidine rings is 1. The van der Waals surface area contributed by atoms with Gasteiger partial charge in [-0.25, -0.2) is 4.39 Å². The lowest BCUT2D eigenvalue weighted by atomic mass is 9.94. The number of furan rings is 1. The zero-order valence-corrected chi connectivity index (χ0v) is 14.2. The van der Waals surface area contributed by atoms with Crippen molar-refractivity contribution in [1.82, 2.24) is 20.0 Å². The van der Waals surface area contributed by atoms with Crippen LogP contribution in [0.1, 0.15) is 34.9 Å². The van der Waals surface area contributed by atoms with Gasteiger partial charge in [-0.2, -0.15) is 4.98 Å². The van der Waals surface area contributed by atoms with Crippen LogP contribution < -0.4 is 0 Å². The molecule has 1 aliphatic rings. The standard InChI is InChI=1S/C18H17FN4O3/c1-12-14(5-10-25-12)16(24)23-9-2-6-18(19,11-23)17-21-15(22-26-17)13-3-7-20-8-4-13/h3-5,7-8,10H,2,6,9,11H2,1H3. The van der Waals surface area contributed by atoms with Crippen molar-refractivity contribution in [3.8, 4) is 11.4 Å². The van der Waals surface area contributed by atoms with Crippen LogP contribution in [0.3, 0.4) is 0 Å². The molecule has 8 heteroatoms. The van der Waals surface area contributed by atoms with Crippen molar-refractivity contribution < 1.29 is 18.1 Å². The van der Waals surface area contributed by atoms with Gasteiger partial charge in [0.05, 0.1) is 18.4 Å². The molecular weight excluding hydrogens is 339 g/mol. The number of carbonyl (C=O) groups excluding carboxylic acids is 1. The monoisotopic (exact) mass is 356 g/mol. The van der Waals surface area contributed by atoms with E-state index in [1.807, 2.05) is 0 Å². The van der Waals surface area contributed by atoms with Crippen LogP contribution in [0.15, 0.2) is 45.8 Å². The second kappa shape index (κ2) is 6.36. The predicted octanol–water partition coefficient (Wildman–Crippen LogP) is 3.13. The molecule has 134 valence electrons. The molecule has 7 nitrogen and oxygen atoms in total. The number of amides is 1. The number of rotatable bonds is 3. The fourth-order valence-electron chi connectivity index (χ4n) is 3.16. The van der Waals surface area contributed by atoms with Crippen LogP contribution in [0.5, 0.6) is 0 Å². The average Bonchev–Trinajstić information content (AvgIpc) is 3.31. The molecule has 1 fully saturated rings. The highest BCUT2D eigenvalue weighted by molar-refractivity contribution is 5.95. The van der Waals surface area contributed by atoms with Crippen LogP contribution in [0.4, 0.5) is 4.39 Å². The number of carbonyl (C=O) groups is 1. The maximum atomic E-state index is 15.6. The Morgan fingerprint density at radius 2 is 2.12 bits per heavy atom. The minimum atomic E-state index is -1.87. The minimum absolute atomic E-state index is 0.106. The van der Waals surface area contributed by atoms with Crippen LogP contribution in [-0.4, -0.2) is 39.0 Å². The molecule has 0 aromatic carbocycles. The lowest BCUT2D eigenvalue weighted by Gasteiger charge is -2.35. The molecular formula is C18H17FN4O3. The molecule has 0 saturated carbocycles. The van der Waals surface area contributed by atoms with Crippen molar-refractivity contribution in [3.63, 3.8) is 0 Å². The Kier molecular flexibility index (Phi) is 4.02. The van der Waals surface area contributed by atoms with E-state index < -0.39 is 5.67 Å². The summed E-state index contributed by atoms with van der Waals surface area (Å²) >= 11 is 0. The number of aryl methyl sites for hydroxylation is 1. The molecule has 1 aliphatic heterocycles. The number of halogens is 1. The number of hydrogen-bond donors (Lipinski definition) is 0. The highest BCUT2D eigenvalue weighted by atomic mass is 19.1. The normalized spacial score (nSPS) is 20.3. The van der Waals surface area contributed by atoms with E-state index in [0.717, 1.165) is 0 Å². The van der Waals surface area contributed by atoms with E-state index in [9.17, 15) is 4.79 Å². The van der Waals surface area contributed by atoms with E-state index in [0.29, 0.717) is 35.7 Å². The van der Waals surface area contributed by atoms with Gasteiger partial charge < -0.3 is 13.8 Å². The molecule has 3 aromatic rings. The van der Waals surface area contributed by atoms with E-state index in [1.165, 1.54) is 11.2 Å². The first-order chi connectivity index (χ1) is 12.6. The predicted molar refractivity (Wildman–Crippen MR) is 88.9 cm³/mol. The molecule has 0 N–H and O–H groups in total. The van der Waals surface area contributed by atoms with Crippen molar-refractivity contribution in [2.24, 2.45) is 0 Å². The summed E-state index contributed by atoms with van der Waals surface area (Å²) in [6, 6.07) is 5.04. The minimum Gasteiger partial charge on any atom is -0.469 e. The fourth-order valence-corrected chi connectivity index (χ4v) is 3.16. The van der Waals surface area contributed by atoms with Crippen LogP contribution in [0, 0.1) is 6.92 Å². The molecule has 0 bridgehead atoms. The topological polar surface area (TPSA) is 85.3 Å². The molecule has 0 radical (unpaired) electrons. The summed E-state index contributed by atoms with van der Waals surface area (Å²) in [5, 5.41) is 3.87. The summed E-state index contributed by atoms with van der Waals surface area (Å²) in [5.41, 5.74) is -0.738. The Hall–Kier alpha value is -3.03. The fraction of sp³-hybridized carbons (Fsp3) is 0.333. The van der Waals surface area contributed by atoms with Crippen molar-refractivity contribution in [1.29, 1.82) is 0 Å². The SMILES string of the molecule is Cc1occc1C(=O)N1CCCC(F)(c2nc(-c3ccncc3)no2)C1. The maximum Gasteiger partial charge on any atom is 0.266 e. The summed E-state index contributed by atoms with van der Waals surface area (Å²) in [7, 11) is 0.